The molecular formula is C28H26N4. The summed E-state index contributed by atoms with van der Waals surface area (Å²) in [7, 11) is 1.96. The van der Waals surface area contributed by atoms with Crippen molar-refractivity contribution in [1.29, 1.82) is 0 Å². The standard InChI is InChI=1S/C28H26N4/c1-20-17-18-25-31-26(22-13-7-4-8-14-22)28(30-19-21-11-5-3-6-12-21)32(25)27(20)23-15-9-10-16-24(23)29-2/h3-18,29-30H,19H2,1-2H3. The van der Waals surface area contributed by atoms with Gasteiger partial charge in [0.1, 0.15) is 17.2 Å². The molecule has 0 atom stereocenters. The summed E-state index contributed by atoms with van der Waals surface area (Å²) in [6, 6.07) is 33.5. The van der Waals surface area contributed by atoms with Crippen molar-refractivity contribution in [3.05, 3.63) is 108 Å². The van der Waals surface area contributed by atoms with Crippen molar-refractivity contribution in [3.63, 3.8) is 0 Å². The number of imidazole rings is 1. The zero-order valence-electron chi connectivity index (χ0n) is 18.3. The highest BCUT2D eigenvalue weighted by Gasteiger charge is 2.19. The lowest BCUT2D eigenvalue weighted by atomic mass is 10.0. The molecule has 0 amide bonds. The van der Waals surface area contributed by atoms with Crippen molar-refractivity contribution < 1.29 is 0 Å². The van der Waals surface area contributed by atoms with Gasteiger partial charge < -0.3 is 10.6 Å². The van der Waals surface area contributed by atoms with Gasteiger partial charge in [-0.2, -0.15) is 0 Å². The van der Waals surface area contributed by atoms with Crippen LogP contribution in [0.15, 0.2) is 97.1 Å². The third kappa shape index (κ3) is 3.60. The minimum Gasteiger partial charge on any atom is -0.388 e. The second kappa shape index (κ2) is 8.60. The predicted octanol–water partition coefficient (Wildman–Crippen LogP) is 6.63. The van der Waals surface area contributed by atoms with E-state index in [1.807, 2.05) is 19.2 Å². The molecule has 32 heavy (non-hydrogen) atoms. The highest BCUT2D eigenvalue weighted by molar-refractivity contribution is 5.84. The van der Waals surface area contributed by atoms with Crippen molar-refractivity contribution >= 4 is 17.2 Å². The third-order valence-corrected chi connectivity index (χ3v) is 5.78. The van der Waals surface area contributed by atoms with Gasteiger partial charge in [0.25, 0.3) is 0 Å². The fourth-order valence-electron chi connectivity index (χ4n) is 4.21. The van der Waals surface area contributed by atoms with Gasteiger partial charge in [-0.05, 0) is 30.2 Å². The summed E-state index contributed by atoms with van der Waals surface area (Å²) in [5, 5.41) is 7.05. The van der Waals surface area contributed by atoms with E-state index in [0.717, 1.165) is 46.2 Å². The van der Waals surface area contributed by atoms with Gasteiger partial charge >= 0.3 is 0 Å². The zero-order chi connectivity index (χ0) is 21.9. The lowest BCUT2D eigenvalue weighted by molar-refractivity contribution is 1.08. The molecule has 2 aromatic heterocycles. The lowest BCUT2D eigenvalue weighted by Crippen LogP contribution is -2.06. The number of nitrogens with one attached hydrogen (secondary N) is 2. The fraction of sp³-hybridized carbons (Fsp3) is 0.107. The SMILES string of the molecule is CNc1ccccc1-c1c(C)ccc2nc(-c3ccccc3)c(NCc3ccccc3)n12. The van der Waals surface area contributed by atoms with E-state index in [9.17, 15) is 0 Å². The Bertz CT molecular complexity index is 1350. The molecule has 0 fully saturated rings. The van der Waals surface area contributed by atoms with Gasteiger partial charge in [-0.25, -0.2) is 4.98 Å². The van der Waals surface area contributed by atoms with Gasteiger partial charge in [0.15, 0.2) is 0 Å². The number of benzene rings is 3. The third-order valence-electron chi connectivity index (χ3n) is 5.78. The van der Waals surface area contributed by atoms with Crippen LogP contribution in [0.4, 0.5) is 11.5 Å². The molecule has 5 aromatic rings. The monoisotopic (exact) mass is 418 g/mol. The summed E-state index contributed by atoms with van der Waals surface area (Å²) < 4.78 is 2.26. The van der Waals surface area contributed by atoms with Crippen LogP contribution >= 0.6 is 0 Å². The largest absolute Gasteiger partial charge is 0.388 e. The number of hydrogen-bond acceptors (Lipinski definition) is 3. The van der Waals surface area contributed by atoms with Gasteiger partial charge in [0.05, 0.1) is 5.69 Å². The predicted molar refractivity (Wildman–Crippen MR) is 134 cm³/mol. The van der Waals surface area contributed by atoms with E-state index in [1.165, 1.54) is 11.1 Å². The molecule has 0 saturated carbocycles. The molecule has 0 aliphatic rings. The maximum Gasteiger partial charge on any atom is 0.139 e. The van der Waals surface area contributed by atoms with Crippen LogP contribution in [-0.2, 0) is 6.54 Å². The molecule has 0 aliphatic heterocycles. The van der Waals surface area contributed by atoms with Crippen LogP contribution in [0.5, 0.6) is 0 Å². The average Bonchev–Trinajstić information content (AvgIpc) is 3.22. The topological polar surface area (TPSA) is 41.4 Å². The number of anilines is 2. The van der Waals surface area contributed by atoms with Gasteiger partial charge in [0, 0.05) is 30.4 Å². The number of aryl methyl sites for hydroxylation is 1. The molecule has 0 aliphatic carbocycles. The van der Waals surface area contributed by atoms with E-state index < -0.39 is 0 Å². The Balaban J connectivity index is 1.76. The maximum absolute atomic E-state index is 5.06. The Morgan fingerprint density at radius 2 is 1.47 bits per heavy atom. The minimum absolute atomic E-state index is 0.718. The molecule has 3 aromatic carbocycles. The first-order valence-corrected chi connectivity index (χ1v) is 10.9. The second-order valence-corrected chi connectivity index (χ2v) is 7.87. The van der Waals surface area contributed by atoms with Crippen molar-refractivity contribution in [2.75, 3.05) is 17.7 Å². The quantitative estimate of drug-likeness (QED) is 0.325. The highest BCUT2D eigenvalue weighted by atomic mass is 15.1. The van der Waals surface area contributed by atoms with Gasteiger partial charge in [-0.15, -0.1) is 0 Å². The first-order valence-electron chi connectivity index (χ1n) is 10.9. The molecule has 0 radical (unpaired) electrons. The van der Waals surface area contributed by atoms with Crippen LogP contribution in [0.2, 0.25) is 0 Å². The summed E-state index contributed by atoms with van der Waals surface area (Å²) >= 11 is 0. The number of pyridine rings is 1. The fourth-order valence-corrected chi connectivity index (χ4v) is 4.21. The highest BCUT2D eigenvalue weighted by Crippen LogP contribution is 2.37. The Hall–Kier alpha value is -4.05. The van der Waals surface area contributed by atoms with Gasteiger partial charge in [-0.1, -0.05) is 84.9 Å². The van der Waals surface area contributed by atoms with Crippen LogP contribution in [0.25, 0.3) is 28.2 Å². The molecule has 5 rings (SSSR count). The lowest BCUT2D eigenvalue weighted by Gasteiger charge is -2.17. The Labute approximate surface area is 188 Å². The van der Waals surface area contributed by atoms with Crippen molar-refractivity contribution in [3.8, 4) is 22.5 Å². The number of fused-ring (bicyclic) bond motifs is 1. The zero-order valence-corrected chi connectivity index (χ0v) is 18.3. The minimum atomic E-state index is 0.718. The van der Waals surface area contributed by atoms with E-state index in [-0.39, 0.29) is 0 Å². The molecule has 4 nitrogen and oxygen atoms in total. The average molecular weight is 419 g/mol. The number of aromatic nitrogens is 2. The van der Waals surface area contributed by atoms with E-state index in [4.69, 9.17) is 4.98 Å². The molecular weight excluding hydrogens is 392 g/mol. The summed E-state index contributed by atoms with van der Waals surface area (Å²) in [4.78, 5) is 5.06. The van der Waals surface area contributed by atoms with E-state index in [1.54, 1.807) is 0 Å². The van der Waals surface area contributed by atoms with E-state index in [2.05, 4.69) is 107 Å². The Kier molecular flexibility index (Phi) is 5.34. The summed E-state index contributed by atoms with van der Waals surface area (Å²) in [6.07, 6.45) is 0. The molecule has 4 heteroatoms. The maximum atomic E-state index is 5.06. The van der Waals surface area contributed by atoms with Gasteiger partial charge in [0.2, 0.25) is 0 Å². The van der Waals surface area contributed by atoms with Crippen LogP contribution in [0, 0.1) is 6.92 Å². The molecule has 0 bridgehead atoms. The van der Waals surface area contributed by atoms with E-state index in [0.29, 0.717) is 0 Å². The van der Waals surface area contributed by atoms with Crippen LogP contribution in [-0.4, -0.2) is 16.4 Å². The molecule has 158 valence electrons. The van der Waals surface area contributed by atoms with Crippen LogP contribution < -0.4 is 10.6 Å². The number of nitrogens with zero attached hydrogens (tertiary/aromatic N) is 2. The number of para-hydroxylation sites is 1. The van der Waals surface area contributed by atoms with Crippen molar-refractivity contribution in [2.24, 2.45) is 0 Å². The first kappa shape index (κ1) is 19.9. The molecule has 2 heterocycles. The smallest absolute Gasteiger partial charge is 0.139 e. The summed E-state index contributed by atoms with van der Waals surface area (Å²) in [5.41, 5.74) is 8.77. The van der Waals surface area contributed by atoms with E-state index >= 15 is 0 Å². The molecule has 0 saturated heterocycles. The second-order valence-electron chi connectivity index (χ2n) is 7.87. The molecule has 0 spiro atoms. The van der Waals surface area contributed by atoms with Crippen molar-refractivity contribution in [2.45, 2.75) is 13.5 Å². The number of rotatable bonds is 6. The summed E-state index contributed by atoms with van der Waals surface area (Å²) in [5.74, 6) is 1.000. The normalized spacial score (nSPS) is 10.9. The Morgan fingerprint density at radius 1 is 0.781 bits per heavy atom. The Morgan fingerprint density at radius 3 is 2.22 bits per heavy atom. The van der Waals surface area contributed by atoms with Crippen LogP contribution in [0.1, 0.15) is 11.1 Å². The van der Waals surface area contributed by atoms with Crippen LogP contribution in [0.3, 0.4) is 0 Å². The molecule has 0 unspecified atom stereocenters. The number of hydrogen-bond donors (Lipinski definition) is 2. The summed E-state index contributed by atoms with van der Waals surface area (Å²) in [6.45, 7) is 2.87. The van der Waals surface area contributed by atoms with Gasteiger partial charge in [-0.3, -0.25) is 4.40 Å². The van der Waals surface area contributed by atoms with Crippen molar-refractivity contribution in [1.82, 2.24) is 9.38 Å². The first-order chi connectivity index (χ1) is 15.8. The molecule has 2 N–H and O–H groups in total.